The number of carbonyl (C=O) groups is 1. The Bertz CT molecular complexity index is 876. The molecule has 0 aliphatic rings. The van der Waals surface area contributed by atoms with Gasteiger partial charge in [0.15, 0.2) is 8.68 Å². The Balaban J connectivity index is 1.61. The number of aromatic nitrogens is 2. The summed E-state index contributed by atoms with van der Waals surface area (Å²) in [4.78, 5) is 12.6. The summed E-state index contributed by atoms with van der Waals surface area (Å²) in [5, 5.41) is 13.4. The number of amides is 1. The van der Waals surface area contributed by atoms with Crippen molar-refractivity contribution in [3.8, 4) is 0 Å². The zero-order valence-corrected chi connectivity index (χ0v) is 17.2. The maximum Gasteiger partial charge on any atom is 0.237 e. The van der Waals surface area contributed by atoms with Crippen LogP contribution in [0.4, 0.5) is 5.69 Å². The molecule has 0 fully saturated rings. The van der Waals surface area contributed by atoms with Crippen LogP contribution >= 0.6 is 34.9 Å². The smallest absolute Gasteiger partial charge is 0.237 e. The minimum atomic E-state index is -0.240. The van der Waals surface area contributed by atoms with E-state index >= 15 is 0 Å². The molecule has 2 aromatic carbocycles. The van der Waals surface area contributed by atoms with E-state index in [0.717, 1.165) is 30.9 Å². The molecule has 136 valence electrons. The highest BCUT2D eigenvalue weighted by molar-refractivity contribution is 8.03. The van der Waals surface area contributed by atoms with Gasteiger partial charge in [-0.25, -0.2) is 0 Å². The summed E-state index contributed by atoms with van der Waals surface area (Å²) >= 11 is 4.75. The first-order valence-corrected chi connectivity index (χ1v) is 11.3. The zero-order valence-electron chi connectivity index (χ0n) is 14.8. The molecule has 1 amide bonds. The standard InChI is InChI=1S/C19H21N3OS3/c1-3-4-12-24-18-21-22-19(26-18)25-13(2)17(23)20-16-11-7-9-14-8-5-6-10-15(14)16/h5-11,13H,3-4,12H2,1-2H3,(H,20,23). The van der Waals surface area contributed by atoms with Crippen LogP contribution in [-0.2, 0) is 4.79 Å². The predicted molar refractivity (Wildman–Crippen MR) is 113 cm³/mol. The molecule has 0 aliphatic carbocycles. The second-order valence-corrected chi connectivity index (χ2v) is 9.72. The topological polar surface area (TPSA) is 54.9 Å². The maximum absolute atomic E-state index is 12.6. The molecular formula is C19H21N3OS3. The summed E-state index contributed by atoms with van der Waals surface area (Å²) in [7, 11) is 0. The number of nitrogens with one attached hydrogen (secondary N) is 1. The first kappa shape index (κ1) is 19.2. The van der Waals surface area contributed by atoms with Gasteiger partial charge in [0.25, 0.3) is 0 Å². The van der Waals surface area contributed by atoms with Crippen LogP contribution in [-0.4, -0.2) is 27.1 Å². The van der Waals surface area contributed by atoms with Crippen molar-refractivity contribution in [2.24, 2.45) is 0 Å². The van der Waals surface area contributed by atoms with E-state index in [1.165, 1.54) is 24.6 Å². The zero-order chi connectivity index (χ0) is 18.4. The lowest BCUT2D eigenvalue weighted by Gasteiger charge is -2.12. The first-order valence-electron chi connectivity index (χ1n) is 8.59. The normalized spacial score (nSPS) is 12.2. The monoisotopic (exact) mass is 403 g/mol. The van der Waals surface area contributed by atoms with Crippen molar-refractivity contribution in [2.45, 2.75) is 40.6 Å². The Morgan fingerprint density at radius 2 is 1.92 bits per heavy atom. The van der Waals surface area contributed by atoms with Gasteiger partial charge < -0.3 is 5.32 Å². The van der Waals surface area contributed by atoms with Gasteiger partial charge in [0.05, 0.1) is 5.25 Å². The molecule has 4 nitrogen and oxygen atoms in total. The fourth-order valence-corrected chi connectivity index (χ4v) is 5.70. The van der Waals surface area contributed by atoms with Crippen LogP contribution in [0.15, 0.2) is 51.1 Å². The summed E-state index contributed by atoms with van der Waals surface area (Å²) < 4.78 is 1.81. The van der Waals surface area contributed by atoms with Gasteiger partial charge in [-0.2, -0.15) is 0 Å². The highest BCUT2D eigenvalue weighted by atomic mass is 32.2. The minimum Gasteiger partial charge on any atom is -0.325 e. The van der Waals surface area contributed by atoms with E-state index in [2.05, 4.69) is 22.4 Å². The van der Waals surface area contributed by atoms with E-state index in [-0.39, 0.29) is 11.2 Å². The molecule has 1 aromatic heterocycles. The average molecular weight is 404 g/mol. The van der Waals surface area contributed by atoms with Crippen molar-refractivity contribution in [1.29, 1.82) is 0 Å². The van der Waals surface area contributed by atoms with Crippen molar-refractivity contribution in [1.82, 2.24) is 10.2 Å². The number of hydrogen-bond donors (Lipinski definition) is 1. The number of benzene rings is 2. The molecule has 1 N–H and O–H groups in total. The van der Waals surface area contributed by atoms with Gasteiger partial charge in [-0.1, -0.05) is 84.6 Å². The van der Waals surface area contributed by atoms with E-state index in [4.69, 9.17) is 0 Å². The van der Waals surface area contributed by atoms with Crippen LogP contribution in [0.25, 0.3) is 10.8 Å². The lowest BCUT2D eigenvalue weighted by Crippen LogP contribution is -2.22. The van der Waals surface area contributed by atoms with Gasteiger partial charge in [-0.05, 0) is 24.8 Å². The third kappa shape index (κ3) is 4.99. The van der Waals surface area contributed by atoms with E-state index < -0.39 is 0 Å². The number of carbonyl (C=O) groups excluding carboxylic acids is 1. The Hall–Kier alpha value is -1.57. The molecule has 0 bridgehead atoms. The quantitative estimate of drug-likeness (QED) is 0.386. The molecule has 1 heterocycles. The molecule has 0 spiro atoms. The van der Waals surface area contributed by atoms with Gasteiger partial charge >= 0.3 is 0 Å². The molecule has 1 atom stereocenters. The van der Waals surface area contributed by atoms with Crippen molar-refractivity contribution in [3.05, 3.63) is 42.5 Å². The molecule has 0 saturated heterocycles. The van der Waals surface area contributed by atoms with Gasteiger partial charge in [0, 0.05) is 16.8 Å². The third-order valence-corrected chi connectivity index (χ3v) is 7.13. The minimum absolute atomic E-state index is 0.0262. The summed E-state index contributed by atoms with van der Waals surface area (Å²) in [6.45, 7) is 4.08. The van der Waals surface area contributed by atoms with Gasteiger partial charge in [-0.3, -0.25) is 4.79 Å². The number of anilines is 1. The molecular weight excluding hydrogens is 382 g/mol. The highest BCUT2D eigenvalue weighted by Crippen LogP contribution is 2.32. The van der Waals surface area contributed by atoms with Crippen LogP contribution < -0.4 is 5.32 Å². The van der Waals surface area contributed by atoms with Crippen molar-refractivity contribution in [2.75, 3.05) is 11.1 Å². The SMILES string of the molecule is CCCCSc1nnc(SC(C)C(=O)Nc2cccc3ccccc23)s1. The molecule has 0 saturated carbocycles. The maximum atomic E-state index is 12.6. The number of hydrogen-bond acceptors (Lipinski definition) is 6. The molecule has 0 aliphatic heterocycles. The number of nitrogens with zero attached hydrogens (tertiary/aromatic N) is 2. The summed E-state index contributed by atoms with van der Waals surface area (Å²) in [5.41, 5.74) is 0.841. The van der Waals surface area contributed by atoms with Crippen LogP contribution in [0.2, 0.25) is 0 Å². The lowest BCUT2D eigenvalue weighted by molar-refractivity contribution is -0.115. The van der Waals surface area contributed by atoms with Crippen molar-refractivity contribution < 1.29 is 4.79 Å². The Morgan fingerprint density at radius 3 is 2.77 bits per heavy atom. The van der Waals surface area contributed by atoms with Crippen LogP contribution in [0, 0.1) is 0 Å². The summed E-state index contributed by atoms with van der Waals surface area (Å²) in [6.07, 6.45) is 2.36. The number of unbranched alkanes of at least 4 members (excludes halogenated alkanes) is 1. The highest BCUT2D eigenvalue weighted by Gasteiger charge is 2.18. The fraction of sp³-hybridized carbons (Fsp3) is 0.316. The van der Waals surface area contributed by atoms with Gasteiger partial charge in [0.1, 0.15) is 0 Å². The molecule has 3 rings (SSSR count). The molecule has 7 heteroatoms. The van der Waals surface area contributed by atoms with Crippen LogP contribution in [0.1, 0.15) is 26.7 Å². The van der Waals surface area contributed by atoms with Gasteiger partial charge in [0.2, 0.25) is 5.91 Å². The Kier molecular flexibility index (Phi) is 6.93. The second-order valence-electron chi connectivity index (χ2n) is 5.81. The largest absolute Gasteiger partial charge is 0.325 e. The third-order valence-electron chi connectivity index (χ3n) is 3.81. The molecule has 3 aromatic rings. The number of thioether (sulfide) groups is 2. The molecule has 0 radical (unpaired) electrons. The number of rotatable bonds is 8. The van der Waals surface area contributed by atoms with Crippen LogP contribution in [0.5, 0.6) is 0 Å². The Labute approximate surface area is 166 Å². The lowest BCUT2D eigenvalue weighted by atomic mass is 10.1. The van der Waals surface area contributed by atoms with Crippen molar-refractivity contribution >= 4 is 57.2 Å². The van der Waals surface area contributed by atoms with E-state index in [9.17, 15) is 4.79 Å². The molecule has 26 heavy (non-hydrogen) atoms. The molecule has 1 unspecified atom stereocenters. The Morgan fingerprint density at radius 1 is 1.15 bits per heavy atom. The summed E-state index contributed by atoms with van der Waals surface area (Å²) in [5.74, 6) is 1.04. The predicted octanol–water partition coefficient (Wildman–Crippen LogP) is 5.70. The van der Waals surface area contributed by atoms with Crippen molar-refractivity contribution in [3.63, 3.8) is 0 Å². The van der Waals surface area contributed by atoms with E-state index in [0.29, 0.717) is 0 Å². The second kappa shape index (κ2) is 9.39. The number of fused-ring (bicyclic) bond motifs is 1. The van der Waals surface area contributed by atoms with E-state index in [1.807, 2.05) is 49.4 Å². The summed E-state index contributed by atoms with van der Waals surface area (Å²) in [6, 6.07) is 14.0. The fourth-order valence-electron chi connectivity index (χ4n) is 2.38. The van der Waals surface area contributed by atoms with Gasteiger partial charge in [-0.15, -0.1) is 10.2 Å². The van der Waals surface area contributed by atoms with E-state index in [1.54, 1.807) is 23.1 Å². The van der Waals surface area contributed by atoms with Crippen LogP contribution in [0.3, 0.4) is 0 Å². The average Bonchev–Trinajstić information content (AvgIpc) is 3.09. The first-order chi connectivity index (χ1) is 12.7.